The number of para-hydroxylation sites is 1. The van der Waals surface area contributed by atoms with Crippen molar-refractivity contribution < 1.29 is 4.74 Å². The normalized spacial score (nSPS) is 20.9. The lowest BCUT2D eigenvalue weighted by Gasteiger charge is -2.31. The largest absolute Gasteiger partial charge is 0.379 e. The van der Waals surface area contributed by atoms with Gasteiger partial charge < -0.3 is 19.5 Å². The van der Waals surface area contributed by atoms with Crippen molar-refractivity contribution in [1.82, 2.24) is 24.7 Å². The molecule has 0 aliphatic carbocycles. The van der Waals surface area contributed by atoms with Crippen molar-refractivity contribution >= 4 is 17.3 Å². The number of pyridine rings is 1. The summed E-state index contributed by atoms with van der Waals surface area (Å²) in [7, 11) is 0. The van der Waals surface area contributed by atoms with Crippen molar-refractivity contribution in [3.63, 3.8) is 0 Å². The maximum Gasteiger partial charge on any atom is 0.170 e. The Morgan fingerprint density at radius 1 is 0.971 bits per heavy atom. The van der Waals surface area contributed by atoms with E-state index in [1.54, 1.807) is 0 Å². The number of benzene rings is 1. The van der Waals surface area contributed by atoms with E-state index in [2.05, 4.69) is 82.9 Å². The molecule has 0 amide bonds. The molecule has 2 aliphatic heterocycles. The predicted molar refractivity (Wildman–Crippen MR) is 144 cm³/mol. The molecule has 3 aromatic rings. The predicted octanol–water partition coefficient (Wildman–Crippen LogP) is 4.49. The topological polar surface area (TPSA) is 45.6 Å². The van der Waals surface area contributed by atoms with Crippen molar-refractivity contribution in [3.8, 4) is 5.69 Å². The van der Waals surface area contributed by atoms with Crippen LogP contribution in [-0.4, -0.2) is 63.9 Å². The fourth-order valence-corrected chi connectivity index (χ4v) is 5.99. The van der Waals surface area contributed by atoms with Crippen LogP contribution in [0.3, 0.4) is 0 Å². The molecule has 2 saturated heterocycles. The van der Waals surface area contributed by atoms with Crippen LogP contribution in [-0.2, 0) is 4.74 Å². The third-order valence-electron chi connectivity index (χ3n) is 7.49. The van der Waals surface area contributed by atoms with Gasteiger partial charge in [-0.1, -0.05) is 24.3 Å². The van der Waals surface area contributed by atoms with Crippen LogP contribution in [0, 0.1) is 20.8 Å². The van der Waals surface area contributed by atoms with Crippen LogP contribution in [0.4, 0.5) is 0 Å². The standard InChI is InChI=1S/C28H35N5OS/c1-20-21(2)33(23-10-5-4-6-11-23)22(3)25(20)27-26(24-12-7-8-13-29-24)30-28(35)32(27)15-9-14-31-16-18-34-19-17-31/h4-8,10-13,26-27H,9,14-19H2,1-3H3,(H,30,35). The summed E-state index contributed by atoms with van der Waals surface area (Å²) < 4.78 is 7.90. The maximum atomic E-state index is 5.93. The minimum absolute atomic E-state index is 0.00973. The SMILES string of the molecule is Cc1c(C2C(c3ccccn3)NC(=S)N2CCCN2CCOCC2)c(C)n(-c2ccccc2)c1C. The lowest BCUT2D eigenvalue weighted by molar-refractivity contribution is 0.0365. The molecule has 7 heteroatoms. The number of nitrogens with one attached hydrogen (secondary N) is 1. The van der Waals surface area contributed by atoms with E-state index >= 15 is 0 Å². The molecule has 1 N–H and O–H groups in total. The molecule has 0 spiro atoms. The Morgan fingerprint density at radius 2 is 1.71 bits per heavy atom. The lowest BCUT2D eigenvalue weighted by atomic mass is 9.93. The minimum atomic E-state index is 0.00973. The molecule has 184 valence electrons. The Bertz CT molecular complexity index is 1160. The van der Waals surface area contributed by atoms with Gasteiger partial charge in [-0.3, -0.25) is 9.88 Å². The number of morpholine rings is 1. The minimum Gasteiger partial charge on any atom is -0.379 e. The van der Waals surface area contributed by atoms with Crippen LogP contribution in [0.25, 0.3) is 5.69 Å². The van der Waals surface area contributed by atoms with Crippen LogP contribution < -0.4 is 5.32 Å². The van der Waals surface area contributed by atoms with Crippen LogP contribution in [0.1, 0.15) is 46.7 Å². The molecule has 0 bridgehead atoms. The number of hydrogen-bond donors (Lipinski definition) is 1. The van der Waals surface area contributed by atoms with Gasteiger partial charge in [0.1, 0.15) is 0 Å². The molecule has 0 radical (unpaired) electrons. The van der Waals surface area contributed by atoms with Crippen LogP contribution in [0.15, 0.2) is 54.7 Å². The summed E-state index contributed by atoms with van der Waals surface area (Å²) in [5.74, 6) is 0. The van der Waals surface area contributed by atoms with Crippen molar-refractivity contribution in [2.45, 2.75) is 39.3 Å². The zero-order valence-electron chi connectivity index (χ0n) is 20.9. The first-order chi connectivity index (χ1) is 17.1. The molecular weight excluding hydrogens is 454 g/mol. The van der Waals surface area contributed by atoms with Gasteiger partial charge in [-0.15, -0.1) is 0 Å². The molecule has 2 atom stereocenters. The third kappa shape index (κ3) is 4.73. The van der Waals surface area contributed by atoms with Crippen molar-refractivity contribution in [3.05, 3.63) is 82.9 Å². The summed E-state index contributed by atoms with van der Waals surface area (Å²) in [5, 5.41) is 4.45. The zero-order valence-corrected chi connectivity index (χ0v) is 21.7. The Morgan fingerprint density at radius 3 is 2.43 bits per heavy atom. The number of thiocarbonyl (C=S) groups is 1. The Labute approximate surface area is 213 Å². The molecule has 4 heterocycles. The summed E-state index contributed by atoms with van der Waals surface area (Å²) >= 11 is 5.93. The highest BCUT2D eigenvalue weighted by Gasteiger charge is 2.42. The molecule has 1 aromatic carbocycles. The van der Waals surface area contributed by atoms with E-state index in [1.165, 1.54) is 28.2 Å². The van der Waals surface area contributed by atoms with Crippen LogP contribution in [0.2, 0.25) is 0 Å². The third-order valence-corrected chi connectivity index (χ3v) is 7.84. The number of hydrogen-bond acceptors (Lipinski definition) is 4. The van der Waals surface area contributed by atoms with Gasteiger partial charge in [-0.05, 0) is 69.2 Å². The highest BCUT2D eigenvalue weighted by atomic mass is 32.1. The molecule has 0 saturated carbocycles. The molecule has 2 aliphatic rings. The fraction of sp³-hybridized carbons (Fsp3) is 0.429. The number of aromatic nitrogens is 2. The van der Waals surface area contributed by atoms with Gasteiger partial charge in [0.2, 0.25) is 0 Å². The van der Waals surface area contributed by atoms with Gasteiger partial charge in [-0.25, -0.2) is 0 Å². The molecule has 5 rings (SSSR count). The molecular formula is C28H35N5OS. The second kappa shape index (κ2) is 10.5. The average Bonchev–Trinajstić information content (AvgIpc) is 3.32. The highest BCUT2D eigenvalue weighted by Crippen LogP contribution is 2.43. The number of rotatable bonds is 7. The highest BCUT2D eigenvalue weighted by molar-refractivity contribution is 7.80. The van der Waals surface area contributed by atoms with Crippen molar-refractivity contribution in [1.29, 1.82) is 0 Å². The average molecular weight is 490 g/mol. The summed E-state index contributed by atoms with van der Waals surface area (Å²) in [6, 6.07) is 16.9. The lowest BCUT2D eigenvalue weighted by Crippen LogP contribution is -2.39. The summed E-state index contributed by atoms with van der Waals surface area (Å²) in [6.45, 7) is 12.4. The summed E-state index contributed by atoms with van der Waals surface area (Å²) in [6.07, 6.45) is 2.93. The first-order valence-corrected chi connectivity index (χ1v) is 13.0. The monoisotopic (exact) mass is 489 g/mol. The molecule has 6 nitrogen and oxygen atoms in total. The van der Waals surface area contributed by atoms with Gasteiger partial charge in [0.15, 0.2) is 5.11 Å². The number of ether oxygens (including phenoxy) is 1. The van der Waals surface area contributed by atoms with E-state index in [0.717, 1.165) is 56.6 Å². The van der Waals surface area contributed by atoms with E-state index in [-0.39, 0.29) is 12.1 Å². The van der Waals surface area contributed by atoms with Crippen LogP contribution in [0.5, 0.6) is 0 Å². The van der Waals surface area contributed by atoms with E-state index in [9.17, 15) is 0 Å². The number of nitrogens with zero attached hydrogens (tertiary/aromatic N) is 4. The molecule has 2 aromatic heterocycles. The maximum absolute atomic E-state index is 5.93. The van der Waals surface area contributed by atoms with E-state index in [0.29, 0.717) is 0 Å². The van der Waals surface area contributed by atoms with Crippen molar-refractivity contribution in [2.75, 3.05) is 39.4 Å². The molecule has 2 unspecified atom stereocenters. The van der Waals surface area contributed by atoms with E-state index in [4.69, 9.17) is 21.9 Å². The van der Waals surface area contributed by atoms with Gasteiger partial charge in [0.05, 0.1) is 31.0 Å². The second-order valence-corrected chi connectivity index (χ2v) is 9.89. The molecule has 2 fully saturated rings. The van der Waals surface area contributed by atoms with Gasteiger partial charge in [0.25, 0.3) is 0 Å². The quantitative estimate of drug-likeness (QED) is 0.494. The Kier molecular flexibility index (Phi) is 7.18. The smallest absolute Gasteiger partial charge is 0.170 e. The fourth-order valence-electron chi connectivity index (χ4n) is 5.66. The van der Waals surface area contributed by atoms with E-state index in [1.807, 2.05) is 12.3 Å². The first kappa shape index (κ1) is 24.0. The van der Waals surface area contributed by atoms with Gasteiger partial charge in [0, 0.05) is 55.0 Å². The van der Waals surface area contributed by atoms with E-state index < -0.39 is 0 Å². The van der Waals surface area contributed by atoms with Crippen molar-refractivity contribution in [2.24, 2.45) is 0 Å². The second-order valence-electron chi connectivity index (χ2n) is 9.51. The Hall–Kier alpha value is -2.74. The summed E-state index contributed by atoms with van der Waals surface area (Å²) in [5.41, 5.74) is 7.43. The van der Waals surface area contributed by atoms with Gasteiger partial charge >= 0.3 is 0 Å². The molecule has 35 heavy (non-hydrogen) atoms. The first-order valence-electron chi connectivity index (χ1n) is 12.6. The van der Waals surface area contributed by atoms with Gasteiger partial charge in [-0.2, -0.15) is 0 Å². The van der Waals surface area contributed by atoms with Crippen LogP contribution >= 0.6 is 12.2 Å². The summed E-state index contributed by atoms with van der Waals surface area (Å²) in [4.78, 5) is 9.62. The zero-order chi connectivity index (χ0) is 24.4. The Balaban J connectivity index is 1.51.